The molecule has 0 bridgehead atoms. The smallest absolute Gasteiger partial charge is 0.259 e. The van der Waals surface area contributed by atoms with Crippen molar-refractivity contribution in [2.75, 3.05) is 0 Å². The number of halogens is 3. The van der Waals surface area contributed by atoms with Gasteiger partial charge in [0, 0.05) is 11.0 Å². The van der Waals surface area contributed by atoms with Crippen LogP contribution in [0.1, 0.15) is 9.75 Å². The molecule has 7 heteroatoms. The van der Waals surface area contributed by atoms with E-state index in [1.807, 2.05) is 0 Å². The maximum atomic E-state index is 12.1. The molecule has 0 amide bonds. The zero-order valence-electron chi connectivity index (χ0n) is 6.62. The minimum absolute atomic E-state index is 0.203. The normalized spacial score (nSPS) is 12.2. The summed E-state index contributed by atoms with van der Waals surface area (Å²) in [5, 5.41) is 9.88. The van der Waals surface area contributed by atoms with Crippen LogP contribution in [0, 0.1) is 10.1 Å². The zero-order chi connectivity index (χ0) is 10.8. The summed E-state index contributed by atoms with van der Waals surface area (Å²) in [5.74, 6) is 0. The van der Waals surface area contributed by atoms with E-state index in [2.05, 4.69) is 0 Å². The molecule has 0 aliphatic rings. The van der Waals surface area contributed by atoms with E-state index < -0.39 is 16.0 Å². The van der Waals surface area contributed by atoms with Crippen LogP contribution in [0.3, 0.4) is 0 Å². The molecule has 1 rings (SSSR count). The monoisotopic (exact) mass is 223 g/mol. The molecule has 0 fully saturated rings. The lowest BCUT2D eigenvalue weighted by Gasteiger charge is -1.99. The van der Waals surface area contributed by atoms with Crippen LogP contribution in [-0.2, 0) is 6.18 Å². The van der Waals surface area contributed by atoms with Crippen LogP contribution in [0.4, 0.5) is 13.2 Å². The third kappa shape index (κ3) is 2.84. The van der Waals surface area contributed by atoms with E-state index in [-0.39, 0.29) is 4.88 Å². The molecule has 1 aromatic rings. The van der Waals surface area contributed by atoms with E-state index in [0.29, 0.717) is 17.5 Å². The molecule has 0 unspecified atom stereocenters. The van der Waals surface area contributed by atoms with Crippen LogP contribution in [0.25, 0.3) is 6.08 Å². The summed E-state index contributed by atoms with van der Waals surface area (Å²) < 4.78 is 36.2. The average Bonchev–Trinajstić information content (AvgIpc) is 2.47. The fourth-order valence-electron chi connectivity index (χ4n) is 0.729. The second kappa shape index (κ2) is 3.79. The maximum Gasteiger partial charge on any atom is 0.425 e. The summed E-state index contributed by atoms with van der Waals surface area (Å²) in [6, 6.07) is 2.08. The van der Waals surface area contributed by atoms with Gasteiger partial charge in [0.25, 0.3) is 0 Å². The molecule has 1 aromatic heterocycles. The van der Waals surface area contributed by atoms with Gasteiger partial charge in [0.15, 0.2) is 0 Å². The van der Waals surface area contributed by atoms with Crippen molar-refractivity contribution in [2.45, 2.75) is 6.18 Å². The van der Waals surface area contributed by atoms with Crippen molar-refractivity contribution in [3.8, 4) is 0 Å². The number of nitro groups is 1. The fraction of sp³-hybridized carbons (Fsp3) is 0.143. The summed E-state index contributed by atoms with van der Waals surface area (Å²) in [4.78, 5) is 8.59. The summed E-state index contributed by atoms with van der Waals surface area (Å²) in [5.41, 5.74) is 0. The first-order chi connectivity index (χ1) is 6.39. The van der Waals surface area contributed by atoms with Gasteiger partial charge in [-0.05, 0) is 12.1 Å². The van der Waals surface area contributed by atoms with E-state index in [1.54, 1.807) is 0 Å². The van der Waals surface area contributed by atoms with Gasteiger partial charge < -0.3 is 0 Å². The Morgan fingerprint density at radius 2 is 2.07 bits per heavy atom. The standard InChI is InChI=1S/C7H4F3NO2S/c8-7(9,10)6-2-1-5(14-6)3-4-11(12)13/h1-4H/b4-3+. The molecule has 0 spiro atoms. The first-order valence-electron chi connectivity index (χ1n) is 3.38. The summed E-state index contributed by atoms with van der Waals surface area (Å²) in [7, 11) is 0. The number of rotatable bonds is 2. The van der Waals surface area contributed by atoms with Crippen molar-refractivity contribution in [3.05, 3.63) is 38.2 Å². The number of nitrogens with zero attached hydrogens (tertiary/aromatic N) is 1. The highest BCUT2D eigenvalue weighted by molar-refractivity contribution is 7.13. The van der Waals surface area contributed by atoms with E-state index in [9.17, 15) is 23.3 Å². The molecule has 0 radical (unpaired) electrons. The molecular formula is C7H4F3NO2S. The van der Waals surface area contributed by atoms with Crippen LogP contribution in [0.2, 0.25) is 0 Å². The van der Waals surface area contributed by atoms with Crippen molar-refractivity contribution >= 4 is 17.4 Å². The predicted octanol–water partition coefficient (Wildman–Crippen LogP) is 3.01. The maximum absolute atomic E-state index is 12.1. The van der Waals surface area contributed by atoms with Gasteiger partial charge in [0.2, 0.25) is 6.20 Å². The van der Waals surface area contributed by atoms with Crippen LogP contribution in [-0.4, -0.2) is 4.92 Å². The van der Waals surface area contributed by atoms with Crippen molar-refractivity contribution in [1.29, 1.82) is 0 Å². The molecule has 76 valence electrons. The summed E-state index contributed by atoms with van der Waals surface area (Å²) in [6.07, 6.45) is -2.75. The van der Waals surface area contributed by atoms with Gasteiger partial charge in [0.1, 0.15) is 4.88 Å². The molecule has 0 atom stereocenters. The van der Waals surface area contributed by atoms with Crippen molar-refractivity contribution in [2.24, 2.45) is 0 Å². The molecule has 0 aliphatic carbocycles. The highest BCUT2D eigenvalue weighted by atomic mass is 32.1. The quantitative estimate of drug-likeness (QED) is 0.571. The van der Waals surface area contributed by atoms with Crippen molar-refractivity contribution in [1.82, 2.24) is 0 Å². The summed E-state index contributed by atoms with van der Waals surface area (Å²) >= 11 is 0.466. The predicted molar refractivity (Wildman–Crippen MR) is 45.3 cm³/mol. The van der Waals surface area contributed by atoms with Gasteiger partial charge >= 0.3 is 6.18 Å². The molecule has 0 saturated carbocycles. The van der Waals surface area contributed by atoms with E-state index in [0.717, 1.165) is 12.1 Å². The average molecular weight is 223 g/mol. The minimum Gasteiger partial charge on any atom is -0.259 e. The summed E-state index contributed by atoms with van der Waals surface area (Å²) in [6.45, 7) is 0. The Kier molecular flexibility index (Phi) is 2.90. The second-order valence-electron chi connectivity index (χ2n) is 2.30. The topological polar surface area (TPSA) is 43.1 Å². The Labute approximate surface area is 80.6 Å². The number of hydrogen-bond acceptors (Lipinski definition) is 3. The first-order valence-corrected chi connectivity index (χ1v) is 4.20. The fourth-order valence-corrected chi connectivity index (χ4v) is 1.50. The highest BCUT2D eigenvalue weighted by Crippen LogP contribution is 2.34. The minimum atomic E-state index is -4.38. The lowest BCUT2D eigenvalue weighted by atomic mass is 10.4. The van der Waals surface area contributed by atoms with E-state index in [1.165, 1.54) is 6.07 Å². The van der Waals surface area contributed by atoms with Crippen LogP contribution in [0.5, 0.6) is 0 Å². The van der Waals surface area contributed by atoms with E-state index >= 15 is 0 Å². The molecule has 0 aliphatic heterocycles. The van der Waals surface area contributed by atoms with Crippen molar-refractivity contribution in [3.63, 3.8) is 0 Å². The Hall–Kier alpha value is -1.37. The Bertz CT molecular complexity index is 369. The SMILES string of the molecule is O=[N+]([O-])/C=C/c1ccc(C(F)(F)F)s1. The van der Waals surface area contributed by atoms with Gasteiger partial charge in [-0.2, -0.15) is 13.2 Å². The number of thiophene rings is 1. The lowest BCUT2D eigenvalue weighted by Crippen LogP contribution is -2.00. The van der Waals surface area contributed by atoms with E-state index in [4.69, 9.17) is 0 Å². The molecule has 0 saturated heterocycles. The van der Waals surface area contributed by atoms with Crippen molar-refractivity contribution < 1.29 is 18.1 Å². The Morgan fingerprint density at radius 1 is 1.43 bits per heavy atom. The Morgan fingerprint density at radius 3 is 2.50 bits per heavy atom. The van der Waals surface area contributed by atoms with Gasteiger partial charge in [0.05, 0.1) is 4.92 Å². The van der Waals surface area contributed by atoms with Gasteiger partial charge in [-0.15, -0.1) is 11.3 Å². The highest BCUT2D eigenvalue weighted by Gasteiger charge is 2.32. The largest absolute Gasteiger partial charge is 0.425 e. The van der Waals surface area contributed by atoms with Crippen LogP contribution >= 0.6 is 11.3 Å². The number of hydrogen-bond donors (Lipinski definition) is 0. The van der Waals surface area contributed by atoms with Gasteiger partial charge in [-0.3, -0.25) is 10.1 Å². The van der Waals surface area contributed by atoms with Crippen LogP contribution < -0.4 is 0 Å². The second-order valence-corrected chi connectivity index (χ2v) is 3.42. The third-order valence-corrected chi connectivity index (χ3v) is 2.36. The molecule has 0 aromatic carbocycles. The molecule has 0 N–H and O–H groups in total. The molecule has 14 heavy (non-hydrogen) atoms. The zero-order valence-corrected chi connectivity index (χ0v) is 7.43. The van der Waals surface area contributed by atoms with Crippen LogP contribution in [0.15, 0.2) is 18.3 Å². The molecule has 3 nitrogen and oxygen atoms in total. The molecular weight excluding hydrogens is 219 g/mol. The first kappa shape index (κ1) is 10.7. The number of alkyl halides is 3. The third-order valence-electron chi connectivity index (χ3n) is 1.27. The van der Waals surface area contributed by atoms with Gasteiger partial charge in [-0.1, -0.05) is 0 Å². The molecule has 1 heterocycles. The Balaban J connectivity index is 2.84. The lowest BCUT2D eigenvalue weighted by molar-refractivity contribution is -0.400. The van der Waals surface area contributed by atoms with Gasteiger partial charge in [-0.25, -0.2) is 0 Å².